The number of fused-ring (bicyclic) bond motifs is 1. The van der Waals surface area contributed by atoms with Gasteiger partial charge in [0.25, 0.3) is 0 Å². The van der Waals surface area contributed by atoms with Crippen molar-refractivity contribution in [3.8, 4) is 0 Å². The van der Waals surface area contributed by atoms with Crippen molar-refractivity contribution in [3.05, 3.63) is 29.8 Å². The van der Waals surface area contributed by atoms with Crippen LogP contribution in [0.1, 0.15) is 5.56 Å². The minimum Gasteiger partial charge on any atom is -0.326 e. The summed E-state index contributed by atoms with van der Waals surface area (Å²) in [6.07, 6.45) is -4.51. The van der Waals surface area contributed by atoms with Gasteiger partial charge in [0.2, 0.25) is 11.8 Å². The molecule has 3 rings (SSSR count). The summed E-state index contributed by atoms with van der Waals surface area (Å²) in [7, 11) is 0. The molecule has 2 amide bonds. The highest BCUT2D eigenvalue weighted by atomic mass is 19.4. The van der Waals surface area contributed by atoms with Crippen LogP contribution in [0.3, 0.4) is 0 Å². The van der Waals surface area contributed by atoms with Crippen LogP contribution in [-0.4, -0.2) is 17.9 Å². The van der Waals surface area contributed by atoms with Crippen molar-refractivity contribution in [2.24, 2.45) is 17.6 Å². The Morgan fingerprint density at radius 1 is 1.11 bits per heavy atom. The Kier molecular flexibility index (Phi) is 2.28. The zero-order chi connectivity index (χ0) is 13.9. The summed E-state index contributed by atoms with van der Waals surface area (Å²) >= 11 is 0. The van der Waals surface area contributed by atoms with Gasteiger partial charge in [0.15, 0.2) is 0 Å². The Morgan fingerprint density at radius 2 is 1.68 bits per heavy atom. The van der Waals surface area contributed by atoms with Crippen LogP contribution in [0.2, 0.25) is 0 Å². The number of halogens is 3. The molecule has 2 fully saturated rings. The van der Waals surface area contributed by atoms with Gasteiger partial charge in [-0.05, 0) is 18.2 Å². The van der Waals surface area contributed by atoms with Gasteiger partial charge in [0.05, 0.1) is 23.1 Å². The first-order valence-electron chi connectivity index (χ1n) is 5.63. The second kappa shape index (κ2) is 3.57. The van der Waals surface area contributed by atoms with Crippen molar-refractivity contribution in [2.75, 3.05) is 4.90 Å². The third-order valence-corrected chi connectivity index (χ3v) is 3.52. The third-order valence-electron chi connectivity index (χ3n) is 3.52. The van der Waals surface area contributed by atoms with Crippen molar-refractivity contribution < 1.29 is 22.8 Å². The van der Waals surface area contributed by atoms with Gasteiger partial charge in [-0.3, -0.25) is 9.59 Å². The molecule has 19 heavy (non-hydrogen) atoms. The van der Waals surface area contributed by atoms with E-state index in [1.807, 2.05) is 0 Å². The van der Waals surface area contributed by atoms with Crippen molar-refractivity contribution in [3.63, 3.8) is 0 Å². The average molecular weight is 270 g/mol. The van der Waals surface area contributed by atoms with Gasteiger partial charge in [-0.25, -0.2) is 4.90 Å². The minimum atomic E-state index is -4.51. The second-order valence-corrected chi connectivity index (χ2v) is 4.69. The number of piperidine rings is 1. The fraction of sp³-hybridized carbons (Fsp3) is 0.333. The molecule has 100 valence electrons. The summed E-state index contributed by atoms with van der Waals surface area (Å²) in [5.74, 6) is -2.16. The lowest BCUT2D eigenvalue weighted by Crippen LogP contribution is -2.37. The van der Waals surface area contributed by atoms with Crippen LogP contribution in [0, 0.1) is 11.8 Å². The number of carbonyl (C=O) groups excluding carboxylic acids is 2. The van der Waals surface area contributed by atoms with E-state index in [4.69, 9.17) is 5.73 Å². The van der Waals surface area contributed by atoms with E-state index < -0.39 is 41.4 Å². The molecule has 1 aromatic rings. The summed E-state index contributed by atoms with van der Waals surface area (Å²) in [4.78, 5) is 24.5. The molecule has 1 aliphatic heterocycles. The SMILES string of the molecule is NC1C2C(=O)N(c3cccc(C(F)(F)F)c3)C(=O)C12. The Bertz CT molecular complexity index is 563. The molecular weight excluding hydrogens is 261 g/mol. The van der Waals surface area contributed by atoms with Gasteiger partial charge in [-0.15, -0.1) is 0 Å². The topological polar surface area (TPSA) is 63.4 Å². The van der Waals surface area contributed by atoms with Gasteiger partial charge in [0.1, 0.15) is 0 Å². The standard InChI is InChI=1S/C12H9F3N2O2/c13-12(14,15)5-2-1-3-6(4-5)17-10(18)7-8(9(7)16)11(17)19/h1-4,7-9H,16H2. The number of imide groups is 1. The van der Waals surface area contributed by atoms with E-state index >= 15 is 0 Å². The zero-order valence-corrected chi connectivity index (χ0v) is 9.52. The molecule has 1 heterocycles. The molecule has 1 aliphatic carbocycles. The van der Waals surface area contributed by atoms with Crippen LogP contribution in [-0.2, 0) is 15.8 Å². The molecule has 2 N–H and O–H groups in total. The predicted molar refractivity (Wildman–Crippen MR) is 58.9 cm³/mol. The monoisotopic (exact) mass is 270 g/mol. The summed E-state index contributed by atoms with van der Waals surface area (Å²) in [5.41, 5.74) is 4.60. The van der Waals surface area contributed by atoms with Gasteiger partial charge < -0.3 is 5.73 Å². The van der Waals surface area contributed by atoms with Crippen molar-refractivity contribution in [1.29, 1.82) is 0 Å². The Balaban J connectivity index is 1.96. The molecular formula is C12H9F3N2O2. The van der Waals surface area contributed by atoms with Crippen LogP contribution >= 0.6 is 0 Å². The maximum atomic E-state index is 12.6. The largest absolute Gasteiger partial charge is 0.416 e. The molecule has 0 radical (unpaired) electrons. The first-order chi connectivity index (χ1) is 8.82. The number of benzene rings is 1. The highest BCUT2D eigenvalue weighted by molar-refractivity contribution is 6.25. The average Bonchev–Trinajstić information content (AvgIpc) is 2.91. The molecule has 0 spiro atoms. The maximum absolute atomic E-state index is 12.6. The first-order valence-corrected chi connectivity index (χ1v) is 5.63. The van der Waals surface area contributed by atoms with Crippen LogP contribution in [0.4, 0.5) is 18.9 Å². The summed E-state index contributed by atoms with van der Waals surface area (Å²) in [6, 6.07) is 3.68. The zero-order valence-electron chi connectivity index (χ0n) is 9.52. The van der Waals surface area contributed by atoms with Gasteiger partial charge >= 0.3 is 6.18 Å². The van der Waals surface area contributed by atoms with Crippen LogP contribution in [0.25, 0.3) is 0 Å². The lowest BCUT2D eigenvalue weighted by atomic mass is 10.1. The van der Waals surface area contributed by atoms with Crippen LogP contribution in [0.5, 0.6) is 0 Å². The number of hydrogen-bond donors (Lipinski definition) is 1. The molecule has 2 atom stereocenters. The number of nitrogens with zero attached hydrogens (tertiary/aromatic N) is 1. The fourth-order valence-electron chi connectivity index (χ4n) is 2.45. The highest BCUT2D eigenvalue weighted by Crippen LogP contribution is 2.47. The Hall–Kier alpha value is -1.89. The van der Waals surface area contributed by atoms with E-state index in [-0.39, 0.29) is 5.69 Å². The minimum absolute atomic E-state index is 0.0516. The summed E-state index contributed by atoms with van der Waals surface area (Å²) in [5, 5.41) is 0. The number of anilines is 1. The first kappa shape index (κ1) is 12.2. The Morgan fingerprint density at radius 3 is 2.21 bits per heavy atom. The predicted octanol–water partition coefficient (Wildman–Crippen LogP) is 1.15. The lowest BCUT2D eigenvalue weighted by Gasteiger charge is -2.18. The normalized spacial score (nSPS) is 29.7. The smallest absolute Gasteiger partial charge is 0.326 e. The van der Waals surface area contributed by atoms with Gasteiger partial charge in [0, 0.05) is 6.04 Å². The maximum Gasteiger partial charge on any atom is 0.416 e. The van der Waals surface area contributed by atoms with E-state index in [1.165, 1.54) is 12.1 Å². The van der Waals surface area contributed by atoms with Gasteiger partial charge in [-0.2, -0.15) is 13.2 Å². The van der Waals surface area contributed by atoms with E-state index in [1.54, 1.807) is 0 Å². The molecule has 2 aliphatic rings. The van der Waals surface area contributed by atoms with Crippen LogP contribution in [0.15, 0.2) is 24.3 Å². The number of alkyl halides is 3. The highest BCUT2D eigenvalue weighted by Gasteiger charge is 2.66. The number of nitrogens with two attached hydrogens (primary N) is 1. The molecule has 1 saturated heterocycles. The number of amides is 2. The summed E-state index contributed by atoms with van der Waals surface area (Å²) < 4.78 is 37.8. The van der Waals surface area contributed by atoms with Crippen molar-refractivity contribution >= 4 is 17.5 Å². The molecule has 2 unspecified atom stereocenters. The quantitative estimate of drug-likeness (QED) is 0.779. The molecule has 7 heteroatoms. The molecule has 4 nitrogen and oxygen atoms in total. The number of rotatable bonds is 1. The number of hydrogen-bond acceptors (Lipinski definition) is 3. The molecule has 0 aromatic heterocycles. The van der Waals surface area contributed by atoms with E-state index in [0.717, 1.165) is 17.0 Å². The lowest BCUT2D eigenvalue weighted by molar-refractivity contribution is -0.137. The Labute approximate surface area is 106 Å². The van der Waals surface area contributed by atoms with Gasteiger partial charge in [-0.1, -0.05) is 6.07 Å². The van der Waals surface area contributed by atoms with Crippen molar-refractivity contribution in [2.45, 2.75) is 12.2 Å². The van der Waals surface area contributed by atoms with E-state index in [9.17, 15) is 22.8 Å². The summed E-state index contributed by atoms with van der Waals surface area (Å²) in [6.45, 7) is 0. The van der Waals surface area contributed by atoms with E-state index in [2.05, 4.69) is 0 Å². The van der Waals surface area contributed by atoms with Crippen molar-refractivity contribution in [1.82, 2.24) is 0 Å². The second-order valence-electron chi connectivity index (χ2n) is 4.69. The van der Waals surface area contributed by atoms with Crippen LogP contribution < -0.4 is 10.6 Å². The number of carbonyl (C=O) groups is 2. The fourth-order valence-corrected chi connectivity index (χ4v) is 2.45. The molecule has 0 bridgehead atoms. The van der Waals surface area contributed by atoms with E-state index in [0.29, 0.717) is 0 Å². The molecule has 1 saturated carbocycles. The molecule has 1 aromatic carbocycles. The third kappa shape index (κ3) is 1.65.